The van der Waals surface area contributed by atoms with Gasteiger partial charge in [-0.1, -0.05) is 19.3 Å². The second-order valence-corrected chi connectivity index (χ2v) is 6.97. The van der Waals surface area contributed by atoms with Gasteiger partial charge in [-0.05, 0) is 44.2 Å². The molecule has 0 aromatic heterocycles. The van der Waals surface area contributed by atoms with E-state index in [4.69, 9.17) is 0 Å². The molecule has 1 N–H and O–H groups in total. The van der Waals surface area contributed by atoms with E-state index in [1.165, 1.54) is 31.1 Å². The lowest BCUT2D eigenvalue weighted by molar-refractivity contribution is -0.123. The fraction of sp³-hybridized carbons (Fsp3) is 0.526. The van der Waals surface area contributed by atoms with Crippen LogP contribution in [0.25, 0.3) is 0 Å². The normalized spacial score (nSPS) is 21.9. The van der Waals surface area contributed by atoms with Gasteiger partial charge in [0.05, 0.1) is 18.2 Å². The van der Waals surface area contributed by atoms with Crippen LogP contribution in [0.5, 0.6) is 0 Å². The minimum absolute atomic E-state index is 0.148. The number of benzene rings is 1. The van der Waals surface area contributed by atoms with E-state index in [-0.39, 0.29) is 30.2 Å². The molecule has 6 heteroatoms. The van der Waals surface area contributed by atoms with Crippen molar-refractivity contribution in [3.05, 3.63) is 24.3 Å². The molecule has 0 bridgehead atoms. The Kier molecular flexibility index (Phi) is 5.18. The molecule has 1 aliphatic carbocycles. The molecule has 1 atom stereocenters. The van der Waals surface area contributed by atoms with E-state index in [1.54, 1.807) is 24.3 Å². The van der Waals surface area contributed by atoms with Crippen LogP contribution in [0.1, 0.15) is 45.4 Å². The molecule has 1 aliphatic heterocycles. The molecule has 1 saturated heterocycles. The van der Waals surface area contributed by atoms with Gasteiger partial charge in [-0.25, -0.2) is 4.90 Å². The Hall–Kier alpha value is -2.21. The zero-order chi connectivity index (χ0) is 18.0. The highest BCUT2D eigenvalue weighted by molar-refractivity contribution is 6.22. The number of carbonyl (C=O) groups excluding carboxylic acids is 3. The second-order valence-electron chi connectivity index (χ2n) is 6.97. The predicted molar refractivity (Wildman–Crippen MR) is 96.3 cm³/mol. The molecule has 134 valence electrons. The van der Waals surface area contributed by atoms with Gasteiger partial charge in [0, 0.05) is 18.7 Å². The molecular weight excluding hydrogens is 318 g/mol. The maximum absolute atomic E-state index is 12.9. The topological polar surface area (TPSA) is 69.7 Å². The lowest BCUT2D eigenvalue weighted by atomic mass is 9.93. The average molecular weight is 343 g/mol. The first-order valence-electron chi connectivity index (χ1n) is 8.94. The second kappa shape index (κ2) is 7.35. The van der Waals surface area contributed by atoms with E-state index in [2.05, 4.69) is 10.2 Å². The standard InChI is InChI=1S/C19H25N3O3/c1-13(23)20-14-8-10-16(11-9-14)22-18(24)12-17(19(22)25)21(2)15-6-4-3-5-7-15/h8-11,15,17H,3-7,12H2,1-2H3,(H,20,23)/t17-/m0/s1. The fourth-order valence-corrected chi connectivity index (χ4v) is 3.85. The van der Waals surface area contributed by atoms with Crippen molar-refractivity contribution in [2.24, 2.45) is 0 Å². The van der Waals surface area contributed by atoms with Crippen molar-refractivity contribution in [1.29, 1.82) is 0 Å². The smallest absolute Gasteiger partial charge is 0.251 e. The van der Waals surface area contributed by atoms with E-state index in [0.29, 0.717) is 17.4 Å². The Morgan fingerprint density at radius 1 is 1.12 bits per heavy atom. The van der Waals surface area contributed by atoms with Crippen LogP contribution in [0.2, 0.25) is 0 Å². The monoisotopic (exact) mass is 343 g/mol. The molecule has 2 aliphatic rings. The van der Waals surface area contributed by atoms with Crippen LogP contribution in [-0.4, -0.2) is 41.8 Å². The zero-order valence-electron chi connectivity index (χ0n) is 14.8. The first kappa shape index (κ1) is 17.6. The number of anilines is 2. The highest BCUT2D eigenvalue weighted by Gasteiger charge is 2.43. The third-order valence-electron chi connectivity index (χ3n) is 5.21. The van der Waals surface area contributed by atoms with Gasteiger partial charge in [0.25, 0.3) is 5.91 Å². The minimum Gasteiger partial charge on any atom is -0.326 e. The molecule has 1 saturated carbocycles. The number of nitrogens with zero attached hydrogens (tertiary/aromatic N) is 2. The van der Waals surface area contributed by atoms with Crippen LogP contribution in [0.15, 0.2) is 24.3 Å². The summed E-state index contributed by atoms with van der Waals surface area (Å²) in [5.41, 5.74) is 1.20. The Morgan fingerprint density at radius 3 is 2.36 bits per heavy atom. The molecule has 6 nitrogen and oxygen atoms in total. The predicted octanol–water partition coefficient (Wildman–Crippen LogP) is 2.54. The Morgan fingerprint density at radius 2 is 1.76 bits per heavy atom. The number of rotatable bonds is 4. The van der Waals surface area contributed by atoms with Gasteiger partial charge in [0.15, 0.2) is 0 Å². The van der Waals surface area contributed by atoms with Gasteiger partial charge < -0.3 is 5.32 Å². The number of likely N-dealkylation sites (N-methyl/N-ethyl adjacent to an activating group) is 1. The number of carbonyl (C=O) groups is 3. The largest absolute Gasteiger partial charge is 0.326 e. The summed E-state index contributed by atoms with van der Waals surface area (Å²) in [5, 5.41) is 2.68. The molecule has 3 amide bonds. The summed E-state index contributed by atoms with van der Waals surface area (Å²) >= 11 is 0. The van der Waals surface area contributed by atoms with E-state index in [9.17, 15) is 14.4 Å². The van der Waals surface area contributed by atoms with E-state index in [1.807, 2.05) is 7.05 Å². The van der Waals surface area contributed by atoms with Gasteiger partial charge >= 0.3 is 0 Å². The molecule has 25 heavy (non-hydrogen) atoms. The summed E-state index contributed by atoms with van der Waals surface area (Å²) in [7, 11) is 1.97. The lowest BCUT2D eigenvalue weighted by Gasteiger charge is -2.34. The summed E-state index contributed by atoms with van der Waals surface area (Å²) in [6, 6.07) is 6.82. The van der Waals surface area contributed by atoms with E-state index in [0.717, 1.165) is 12.8 Å². The zero-order valence-corrected chi connectivity index (χ0v) is 14.8. The van der Waals surface area contributed by atoms with Crippen molar-refractivity contribution >= 4 is 29.1 Å². The summed E-state index contributed by atoms with van der Waals surface area (Å²) in [6.07, 6.45) is 6.07. The van der Waals surface area contributed by atoms with E-state index >= 15 is 0 Å². The van der Waals surface area contributed by atoms with Gasteiger partial charge in [0.1, 0.15) is 0 Å². The third-order valence-corrected chi connectivity index (χ3v) is 5.21. The fourth-order valence-electron chi connectivity index (χ4n) is 3.85. The molecule has 1 aromatic carbocycles. The van der Waals surface area contributed by atoms with Crippen LogP contribution in [0.4, 0.5) is 11.4 Å². The Bertz CT molecular complexity index is 665. The molecule has 3 rings (SSSR count). The molecular formula is C19H25N3O3. The number of nitrogens with one attached hydrogen (secondary N) is 1. The van der Waals surface area contributed by atoms with E-state index < -0.39 is 0 Å². The molecule has 2 fully saturated rings. The first-order chi connectivity index (χ1) is 12.0. The van der Waals surface area contributed by atoms with Crippen molar-refractivity contribution in [3.63, 3.8) is 0 Å². The van der Waals surface area contributed by atoms with Crippen molar-refractivity contribution in [2.75, 3.05) is 17.3 Å². The lowest BCUT2D eigenvalue weighted by Crippen LogP contribution is -2.45. The minimum atomic E-state index is -0.370. The first-order valence-corrected chi connectivity index (χ1v) is 8.94. The highest BCUT2D eigenvalue weighted by atomic mass is 16.2. The van der Waals surface area contributed by atoms with Crippen LogP contribution in [0.3, 0.4) is 0 Å². The van der Waals surface area contributed by atoms with Crippen molar-refractivity contribution in [1.82, 2.24) is 4.90 Å². The van der Waals surface area contributed by atoms with Gasteiger partial charge in [0.2, 0.25) is 11.8 Å². The molecule has 0 unspecified atom stereocenters. The number of hydrogen-bond donors (Lipinski definition) is 1. The van der Waals surface area contributed by atoms with Crippen LogP contribution in [0, 0.1) is 0 Å². The molecule has 1 heterocycles. The quantitative estimate of drug-likeness (QED) is 0.853. The van der Waals surface area contributed by atoms with Crippen LogP contribution < -0.4 is 10.2 Å². The maximum Gasteiger partial charge on any atom is 0.251 e. The van der Waals surface area contributed by atoms with Gasteiger partial charge in [-0.2, -0.15) is 0 Å². The van der Waals surface area contributed by atoms with Crippen molar-refractivity contribution in [3.8, 4) is 0 Å². The number of amides is 3. The Balaban J connectivity index is 1.73. The highest BCUT2D eigenvalue weighted by Crippen LogP contribution is 2.30. The summed E-state index contributed by atoms with van der Waals surface area (Å²) < 4.78 is 0. The SMILES string of the molecule is CC(=O)Nc1ccc(N2C(=O)C[C@H](N(C)C3CCCCC3)C2=O)cc1. The number of hydrogen-bond acceptors (Lipinski definition) is 4. The van der Waals surface area contributed by atoms with Gasteiger partial charge in [-0.3, -0.25) is 19.3 Å². The number of imide groups is 1. The average Bonchev–Trinajstić information content (AvgIpc) is 2.90. The molecule has 0 spiro atoms. The third kappa shape index (κ3) is 3.74. The molecule has 1 aromatic rings. The van der Waals surface area contributed by atoms with Crippen molar-refractivity contribution < 1.29 is 14.4 Å². The van der Waals surface area contributed by atoms with Crippen LogP contribution in [-0.2, 0) is 14.4 Å². The molecule has 0 radical (unpaired) electrons. The summed E-state index contributed by atoms with van der Waals surface area (Å²) in [4.78, 5) is 39.8. The summed E-state index contributed by atoms with van der Waals surface area (Å²) in [5.74, 6) is -0.467. The van der Waals surface area contributed by atoms with Crippen LogP contribution >= 0.6 is 0 Å². The Labute approximate surface area is 148 Å². The van der Waals surface area contributed by atoms with Crippen molar-refractivity contribution in [2.45, 2.75) is 57.5 Å². The maximum atomic E-state index is 12.9. The summed E-state index contributed by atoms with van der Waals surface area (Å²) in [6.45, 7) is 1.44. The van der Waals surface area contributed by atoms with Gasteiger partial charge in [-0.15, -0.1) is 0 Å².